The second-order valence-corrected chi connectivity index (χ2v) is 7.64. The number of nitro groups is 1. The molecule has 0 saturated carbocycles. The molecule has 11 heteroatoms. The Kier molecular flexibility index (Phi) is 5.93. The largest absolute Gasteiger partial charge is 0.497 e. The smallest absolute Gasteiger partial charge is 0.433 e. The summed E-state index contributed by atoms with van der Waals surface area (Å²) in [6.45, 7) is 3.86. The highest BCUT2D eigenvalue weighted by Gasteiger charge is 2.27. The van der Waals surface area contributed by atoms with Crippen LogP contribution in [0.4, 0.5) is 11.0 Å². The number of fused-ring (bicyclic) bond motifs is 1. The fourth-order valence-corrected chi connectivity index (χ4v) is 4.18. The number of furan rings is 1. The van der Waals surface area contributed by atoms with Crippen molar-refractivity contribution in [1.29, 1.82) is 0 Å². The van der Waals surface area contributed by atoms with Crippen LogP contribution in [0.2, 0.25) is 0 Å². The third kappa shape index (κ3) is 4.27. The van der Waals surface area contributed by atoms with Crippen LogP contribution in [0.1, 0.15) is 10.6 Å². The van der Waals surface area contributed by atoms with Gasteiger partial charge in [0.05, 0.1) is 36.6 Å². The summed E-state index contributed by atoms with van der Waals surface area (Å²) in [6, 6.07) is 7.99. The first kappa shape index (κ1) is 20.3. The van der Waals surface area contributed by atoms with Crippen LogP contribution in [0.5, 0.6) is 5.75 Å². The van der Waals surface area contributed by atoms with Crippen LogP contribution in [0, 0.1) is 10.1 Å². The second-order valence-electron chi connectivity index (χ2n) is 6.64. The Hall–Kier alpha value is -3.02. The highest BCUT2D eigenvalue weighted by atomic mass is 32.1. The van der Waals surface area contributed by atoms with Crippen molar-refractivity contribution < 1.29 is 23.6 Å². The molecule has 30 heavy (non-hydrogen) atoms. The second kappa shape index (κ2) is 8.78. The van der Waals surface area contributed by atoms with Gasteiger partial charge >= 0.3 is 5.88 Å². The van der Waals surface area contributed by atoms with Crippen molar-refractivity contribution in [3.05, 3.63) is 46.2 Å². The van der Waals surface area contributed by atoms with Gasteiger partial charge < -0.3 is 13.9 Å². The van der Waals surface area contributed by atoms with E-state index >= 15 is 0 Å². The number of carbonyl (C=O) groups is 1. The summed E-state index contributed by atoms with van der Waals surface area (Å²) in [5.41, 5.74) is 0.741. The van der Waals surface area contributed by atoms with Gasteiger partial charge in [0.1, 0.15) is 10.7 Å². The average molecular weight is 432 g/mol. The Morgan fingerprint density at radius 2 is 2.13 bits per heavy atom. The lowest BCUT2D eigenvalue weighted by atomic mass is 10.3. The maximum absolute atomic E-state index is 13.2. The minimum absolute atomic E-state index is 0.0967. The molecule has 1 fully saturated rings. The van der Waals surface area contributed by atoms with E-state index in [0.29, 0.717) is 37.2 Å². The SMILES string of the molecule is COc1ccc2nc(N(CCN3CCOCC3)C(=O)c3ccc([N+](=O)[O-])o3)sc2c1. The molecule has 0 aliphatic carbocycles. The molecule has 0 radical (unpaired) electrons. The number of hydrogen-bond acceptors (Lipinski definition) is 9. The lowest BCUT2D eigenvalue weighted by molar-refractivity contribution is -0.402. The number of amides is 1. The van der Waals surface area contributed by atoms with Gasteiger partial charge in [-0.3, -0.25) is 24.7 Å². The number of hydrogen-bond donors (Lipinski definition) is 0. The van der Waals surface area contributed by atoms with Crippen molar-refractivity contribution in [2.24, 2.45) is 0 Å². The monoisotopic (exact) mass is 432 g/mol. The van der Waals surface area contributed by atoms with Gasteiger partial charge in [-0.05, 0) is 24.3 Å². The van der Waals surface area contributed by atoms with Crippen LogP contribution in [0.15, 0.2) is 34.7 Å². The van der Waals surface area contributed by atoms with E-state index in [1.807, 2.05) is 18.2 Å². The van der Waals surface area contributed by atoms with Crippen LogP contribution in [0.3, 0.4) is 0 Å². The highest BCUT2D eigenvalue weighted by Crippen LogP contribution is 2.32. The maximum atomic E-state index is 13.2. The predicted octanol–water partition coefficient (Wildman–Crippen LogP) is 2.79. The number of morpholine rings is 1. The van der Waals surface area contributed by atoms with Crippen molar-refractivity contribution in [3.8, 4) is 5.75 Å². The number of carbonyl (C=O) groups excluding carboxylic acids is 1. The van der Waals surface area contributed by atoms with Crippen LogP contribution in [-0.4, -0.2) is 67.2 Å². The van der Waals surface area contributed by atoms with E-state index < -0.39 is 16.7 Å². The van der Waals surface area contributed by atoms with Gasteiger partial charge in [-0.2, -0.15) is 0 Å². The molecule has 1 saturated heterocycles. The average Bonchev–Trinajstić information content (AvgIpc) is 3.41. The third-order valence-electron chi connectivity index (χ3n) is 4.79. The molecule has 1 amide bonds. The molecule has 3 heterocycles. The van der Waals surface area contributed by atoms with E-state index in [0.717, 1.165) is 23.3 Å². The van der Waals surface area contributed by atoms with Crippen molar-refractivity contribution in [3.63, 3.8) is 0 Å². The molecule has 0 spiro atoms. The lowest BCUT2D eigenvalue weighted by Crippen LogP contribution is -2.43. The van der Waals surface area contributed by atoms with Gasteiger partial charge in [0.25, 0.3) is 5.91 Å². The summed E-state index contributed by atoms with van der Waals surface area (Å²) in [6.07, 6.45) is 0. The summed E-state index contributed by atoms with van der Waals surface area (Å²) in [7, 11) is 1.59. The molecule has 1 aliphatic rings. The molecule has 10 nitrogen and oxygen atoms in total. The summed E-state index contributed by atoms with van der Waals surface area (Å²) < 4.78 is 16.7. The first-order valence-electron chi connectivity index (χ1n) is 9.36. The molecule has 1 aliphatic heterocycles. The minimum atomic E-state index is -0.668. The number of thiazole rings is 1. The van der Waals surface area contributed by atoms with Gasteiger partial charge in [0, 0.05) is 26.2 Å². The van der Waals surface area contributed by atoms with E-state index in [-0.39, 0.29) is 5.76 Å². The zero-order valence-electron chi connectivity index (χ0n) is 16.3. The Morgan fingerprint density at radius 1 is 1.33 bits per heavy atom. The first-order chi connectivity index (χ1) is 14.5. The van der Waals surface area contributed by atoms with Crippen molar-refractivity contribution in [2.45, 2.75) is 0 Å². The summed E-state index contributed by atoms with van der Waals surface area (Å²) in [4.78, 5) is 31.7. The van der Waals surface area contributed by atoms with E-state index in [1.54, 1.807) is 7.11 Å². The standard InChI is InChI=1S/C19H20N4O6S/c1-27-13-2-3-14-16(12-13)30-19(20-14)22(7-6-21-8-10-28-11-9-21)18(24)15-4-5-17(29-15)23(25)26/h2-5,12H,6-11H2,1H3. The maximum Gasteiger partial charge on any atom is 0.433 e. The third-order valence-corrected chi connectivity index (χ3v) is 5.83. The molecule has 0 atom stereocenters. The van der Waals surface area contributed by atoms with Crippen LogP contribution < -0.4 is 9.64 Å². The van der Waals surface area contributed by atoms with Gasteiger partial charge in [0.15, 0.2) is 10.9 Å². The first-order valence-corrected chi connectivity index (χ1v) is 10.2. The topological polar surface area (TPSA) is 111 Å². The highest BCUT2D eigenvalue weighted by molar-refractivity contribution is 7.22. The fourth-order valence-electron chi connectivity index (χ4n) is 3.16. The molecule has 0 unspecified atom stereocenters. The number of rotatable bonds is 7. The van der Waals surface area contributed by atoms with Crippen molar-refractivity contribution in [2.75, 3.05) is 51.4 Å². The molecule has 4 rings (SSSR count). The minimum Gasteiger partial charge on any atom is -0.497 e. The lowest BCUT2D eigenvalue weighted by Gasteiger charge is -2.28. The Labute approximate surface area is 175 Å². The van der Waals surface area contributed by atoms with E-state index in [1.165, 1.54) is 28.4 Å². The number of benzene rings is 1. The van der Waals surface area contributed by atoms with E-state index in [9.17, 15) is 14.9 Å². The number of nitrogens with zero attached hydrogens (tertiary/aromatic N) is 4. The van der Waals surface area contributed by atoms with Gasteiger partial charge in [-0.25, -0.2) is 4.98 Å². The Bertz CT molecular complexity index is 1060. The van der Waals surface area contributed by atoms with Crippen molar-refractivity contribution in [1.82, 2.24) is 9.88 Å². The number of ether oxygens (including phenoxy) is 2. The zero-order chi connectivity index (χ0) is 21.1. The number of anilines is 1. The molecule has 2 aromatic heterocycles. The van der Waals surface area contributed by atoms with E-state index in [4.69, 9.17) is 13.9 Å². The fraction of sp³-hybridized carbons (Fsp3) is 0.368. The van der Waals surface area contributed by atoms with Gasteiger partial charge in [-0.1, -0.05) is 11.3 Å². The molecular weight excluding hydrogens is 412 g/mol. The molecule has 3 aromatic rings. The molecule has 158 valence electrons. The summed E-state index contributed by atoms with van der Waals surface area (Å²) in [5, 5.41) is 11.4. The normalized spacial score (nSPS) is 14.7. The van der Waals surface area contributed by atoms with Crippen LogP contribution in [-0.2, 0) is 4.74 Å². The quantitative estimate of drug-likeness (QED) is 0.414. The molecule has 0 bridgehead atoms. The number of aromatic nitrogens is 1. The number of methoxy groups -OCH3 is 1. The van der Waals surface area contributed by atoms with Gasteiger partial charge in [0.2, 0.25) is 0 Å². The summed E-state index contributed by atoms with van der Waals surface area (Å²) >= 11 is 1.35. The Balaban J connectivity index is 1.63. The van der Waals surface area contributed by atoms with Crippen LogP contribution >= 0.6 is 11.3 Å². The Morgan fingerprint density at radius 3 is 2.83 bits per heavy atom. The van der Waals surface area contributed by atoms with E-state index in [2.05, 4.69) is 9.88 Å². The molecular formula is C19H20N4O6S. The van der Waals surface area contributed by atoms with Crippen LogP contribution in [0.25, 0.3) is 10.2 Å². The summed E-state index contributed by atoms with van der Waals surface area (Å²) in [5.74, 6) is -0.339. The predicted molar refractivity (Wildman–Crippen MR) is 110 cm³/mol. The molecule has 1 aromatic carbocycles. The molecule has 0 N–H and O–H groups in total. The van der Waals surface area contributed by atoms with Gasteiger partial charge in [-0.15, -0.1) is 0 Å². The zero-order valence-corrected chi connectivity index (χ0v) is 17.1. The van der Waals surface area contributed by atoms with Crippen molar-refractivity contribution >= 4 is 38.5 Å².